The van der Waals surface area contributed by atoms with Crippen molar-refractivity contribution in [3.8, 4) is 0 Å². The summed E-state index contributed by atoms with van der Waals surface area (Å²) in [6.07, 6.45) is 0.730. The lowest BCUT2D eigenvalue weighted by atomic mass is 10.1. The first-order chi connectivity index (χ1) is 18.5. The summed E-state index contributed by atoms with van der Waals surface area (Å²) in [6, 6.07) is 17.4. The number of nitrogens with zero attached hydrogens (tertiary/aromatic N) is 2. The van der Waals surface area contributed by atoms with E-state index in [0.717, 1.165) is 16.3 Å². The molecule has 3 aromatic rings. The van der Waals surface area contributed by atoms with Crippen molar-refractivity contribution >= 4 is 50.7 Å². The van der Waals surface area contributed by atoms with Crippen LogP contribution < -0.4 is 9.62 Å². The van der Waals surface area contributed by atoms with Gasteiger partial charge in [-0.05, 0) is 68.7 Å². The van der Waals surface area contributed by atoms with Gasteiger partial charge in [-0.1, -0.05) is 72.1 Å². The van der Waals surface area contributed by atoms with Crippen molar-refractivity contribution < 1.29 is 18.0 Å². The standard InChI is InChI=1S/C29H33Cl2N3O4S/c1-5-17-32-29(36)22(4)33(18-23-9-6-7-10-26(23)31)28(35)19-34(27-12-8-11-25(30)21(27)3)39(37,38)24-15-13-20(2)14-16-24/h6-16,22H,5,17-19H2,1-4H3,(H,32,36). The SMILES string of the molecule is CCCNC(=O)C(C)N(Cc1ccccc1Cl)C(=O)CN(c1cccc(Cl)c1C)S(=O)(=O)c1ccc(C)cc1. The van der Waals surface area contributed by atoms with Crippen LogP contribution in [0.25, 0.3) is 0 Å². The minimum Gasteiger partial charge on any atom is -0.354 e. The lowest BCUT2D eigenvalue weighted by molar-refractivity contribution is -0.139. The van der Waals surface area contributed by atoms with E-state index in [1.807, 2.05) is 13.8 Å². The van der Waals surface area contributed by atoms with Gasteiger partial charge in [-0.2, -0.15) is 0 Å². The van der Waals surface area contributed by atoms with Crippen LogP contribution in [0.5, 0.6) is 0 Å². The molecule has 208 valence electrons. The number of sulfonamides is 1. The lowest BCUT2D eigenvalue weighted by Gasteiger charge is -2.32. The van der Waals surface area contributed by atoms with Crippen molar-refractivity contribution in [1.82, 2.24) is 10.2 Å². The zero-order valence-corrected chi connectivity index (χ0v) is 24.8. The van der Waals surface area contributed by atoms with Crippen LogP contribution in [-0.2, 0) is 26.2 Å². The molecule has 3 aromatic carbocycles. The number of hydrogen-bond donors (Lipinski definition) is 1. The molecule has 1 atom stereocenters. The van der Waals surface area contributed by atoms with E-state index in [4.69, 9.17) is 23.2 Å². The van der Waals surface area contributed by atoms with Crippen molar-refractivity contribution in [3.05, 3.63) is 93.5 Å². The Morgan fingerprint density at radius 2 is 1.56 bits per heavy atom. The maximum Gasteiger partial charge on any atom is 0.264 e. The zero-order chi connectivity index (χ0) is 28.7. The van der Waals surface area contributed by atoms with Crippen molar-refractivity contribution in [2.24, 2.45) is 0 Å². The van der Waals surface area contributed by atoms with E-state index in [2.05, 4.69) is 5.32 Å². The number of benzene rings is 3. The summed E-state index contributed by atoms with van der Waals surface area (Å²) in [7, 11) is -4.18. The summed E-state index contributed by atoms with van der Waals surface area (Å²) >= 11 is 12.7. The molecule has 0 radical (unpaired) electrons. The molecule has 0 heterocycles. The highest BCUT2D eigenvalue weighted by molar-refractivity contribution is 7.92. The first-order valence-electron chi connectivity index (χ1n) is 12.6. The van der Waals surface area contributed by atoms with Gasteiger partial charge in [0.25, 0.3) is 10.0 Å². The monoisotopic (exact) mass is 589 g/mol. The van der Waals surface area contributed by atoms with Crippen LogP contribution in [0.4, 0.5) is 5.69 Å². The second-order valence-electron chi connectivity index (χ2n) is 9.29. The normalized spacial score (nSPS) is 12.1. The number of rotatable bonds is 11. The Morgan fingerprint density at radius 1 is 0.923 bits per heavy atom. The molecule has 0 aliphatic heterocycles. The van der Waals surface area contributed by atoms with Gasteiger partial charge in [0.2, 0.25) is 11.8 Å². The summed E-state index contributed by atoms with van der Waals surface area (Å²) in [4.78, 5) is 28.3. The molecule has 0 aromatic heterocycles. The van der Waals surface area contributed by atoms with Crippen LogP contribution in [0.15, 0.2) is 71.6 Å². The highest BCUT2D eigenvalue weighted by Gasteiger charge is 2.33. The van der Waals surface area contributed by atoms with Crippen LogP contribution >= 0.6 is 23.2 Å². The molecule has 10 heteroatoms. The minimum absolute atomic E-state index is 0.0200. The first-order valence-corrected chi connectivity index (χ1v) is 14.8. The molecule has 0 fully saturated rings. The van der Waals surface area contributed by atoms with Gasteiger partial charge in [0, 0.05) is 23.1 Å². The predicted molar refractivity (Wildman–Crippen MR) is 157 cm³/mol. The molecule has 0 spiro atoms. The lowest BCUT2D eigenvalue weighted by Crippen LogP contribution is -2.51. The van der Waals surface area contributed by atoms with Crippen LogP contribution in [0.1, 0.15) is 37.0 Å². The largest absolute Gasteiger partial charge is 0.354 e. The summed E-state index contributed by atoms with van der Waals surface area (Å²) in [6.45, 7) is 7.02. The molecule has 0 aliphatic carbocycles. The molecular formula is C29H33Cl2N3O4S. The fraction of sp³-hybridized carbons (Fsp3) is 0.310. The highest BCUT2D eigenvalue weighted by Crippen LogP contribution is 2.31. The molecule has 1 unspecified atom stereocenters. The number of halogens is 2. The zero-order valence-electron chi connectivity index (χ0n) is 22.4. The smallest absolute Gasteiger partial charge is 0.264 e. The molecule has 7 nitrogen and oxygen atoms in total. The third-order valence-corrected chi connectivity index (χ3v) is 8.96. The maximum absolute atomic E-state index is 14.0. The highest BCUT2D eigenvalue weighted by atomic mass is 35.5. The topological polar surface area (TPSA) is 86.8 Å². The number of nitrogens with one attached hydrogen (secondary N) is 1. The third kappa shape index (κ3) is 7.32. The molecular weight excluding hydrogens is 557 g/mol. The van der Waals surface area contributed by atoms with Crippen molar-refractivity contribution in [2.75, 3.05) is 17.4 Å². The Hall–Kier alpha value is -3.07. The van der Waals surface area contributed by atoms with Gasteiger partial charge in [-0.3, -0.25) is 13.9 Å². The van der Waals surface area contributed by atoms with Gasteiger partial charge >= 0.3 is 0 Å². The molecule has 39 heavy (non-hydrogen) atoms. The number of anilines is 1. The number of carbonyl (C=O) groups excluding carboxylic acids is 2. The first kappa shape index (κ1) is 30.5. The van der Waals surface area contributed by atoms with Gasteiger partial charge in [-0.25, -0.2) is 8.42 Å². The summed E-state index contributed by atoms with van der Waals surface area (Å²) in [5, 5.41) is 3.62. The molecule has 0 saturated heterocycles. The Labute approximate surface area is 240 Å². The summed E-state index contributed by atoms with van der Waals surface area (Å²) in [5.41, 5.74) is 2.31. The summed E-state index contributed by atoms with van der Waals surface area (Å²) < 4.78 is 28.9. The Bertz CT molecular complexity index is 1430. The fourth-order valence-corrected chi connectivity index (χ4v) is 5.84. The van der Waals surface area contributed by atoms with Gasteiger partial charge < -0.3 is 10.2 Å². The quantitative estimate of drug-likeness (QED) is 0.308. The molecule has 0 saturated carbocycles. The van der Waals surface area contributed by atoms with Crippen molar-refractivity contribution in [2.45, 2.75) is 51.6 Å². The van der Waals surface area contributed by atoms with Crippen molar-refractivity contribution in [1.29, 1.82) is 0 Å². The van der Waals surface area contributed by atoms with Gasteiger partial charge in [-0.15, -0.1) is 0 Å². The van der Waals surface area contributed by atoms with Crippen LogP contribution in [0.3, 0.4) is 0 Å². The number of hydrogen-bond acceptors (Lipinski definition) is 4. The van der Waals surface area contributed by atoms with E-state index in [1.165, 1.54) is 17.0 Å². The van der Waals surface area contributed by atoms with E-state index in [-0.39, 0.29) is 23.0 Å². The number of amides is 2. The summed E-state index contributed by atoms with van der Waals surface area (Å²) in [5.74, 6) is -0.909. The van der Waals surface area contributed by atoms with Crippen LogP contribution in [-0.4, -0.2) is 44.3 Å². The van der Waals surface area contributed by atoms with Crippen molar-refractivity contribution in [3.63, 3.8) is 0 Å². The molecule has 1 N–H and O–H groups in total. The Morgan fingerprint density at radius 3 is 2.21 bits per heavy atom. The Kier molecular flexibility index (Phi) is 10.4. The van der Waals surface area contributed by atoms with Gasteiger partial charge in [0.05, 0.1) is 10.6 Å². The van der Waals surface area contributed by atoms with E-state index in [9.17, 15) is 18.0 Å². The maximum atomic E-state index is 14.0. The molecule has 0 aliphatic rings. The second kappa shape index (κ2) is 13.3. The van der Waals surface area contributed by atoms with Crippen LogP contribution in [0.2, 0.25) is 10.0 Å². The van der Waals surface area contributed by atoms with E-state index >= 15 is 0 Å². The van der Waals surface area contributed by atoms with Gasteiger partial charge in [0.1, 0.15) is 12.6 Å². The predicted octanol–water partition coefficient (Wildman–Crippen LogP) is 5.75. The average molecular weight is 591 g/mol. The van der Waals surface area contributed by atoms with Crippen LogP contribution in [0, 0.1) is 13.8 Å². The molecule has 3 rings (SSSR count). The molecule has 2 amide bonds. The Balaban J connectivity index is 2.07. The second-order valence-corrected chi connectivity index (χ2v) is 12.0. The third-order valence-electron chi connectivity index (χ3n) is 6.41. The van der Waals surface area contributed by atoms with E-state index < -0.39 is 28.5 Å². The average Bonchev–Trinajstić information content (AvgIpc) is 2.91. The minimum atomic E-state index is -4.18. The number of aryl methyl sites for hydroxylation is 1. The van der Waals surface area contributed by atoms with E-state index in [1.54, 1.807) is 68.4 Å². The number of carbonyl (C=O) groups is 2. The van der Waals surface area contributed by atoms with E-state index in [0.29, 0.717) is 27.7 Å². The molecule has 0 bridgehead atoms. The fourth-order valence-electron chi connectivity index (χ4n) is 4.01. The van der Waals surface area contributed by atoms with Gasteiger partial charge in [0.15, 0.2) is 0 Å².